The number of aromatic nitrogens is 3. The van der Waals surface area contributed by atoms with Crippen molar-refractivity contribution in [2.24, 2.45) is 16.6 Å². The normalized spacial score (nSPS) is 12.3. The van der Waals surface area contributed by atoms with Crippen LogP contribution in [0.4, 0.5) is 15.9 Å². The average Bonchev–Trinajstić information content (AvgIpc) is 3.28. The minimum Gasteiger partial charge on any atom is -0.396 e. The van der Waals surface area contributed by atoms with Gasteiger partial charge in [-0.15, -0.1) is 0 Å². The third-order valence-electron chi connectivity index (χ3n) is 4.23. The molecule has 1 amide bonds. The molecule has 2 heterocycles. The van der Waals surface area contributed by atoms with Crippen LogP contribution in [0.3, 0.4) is 0 Å². The van der Waals surface area contributed by atoms with Gasteiger partial charge in [-0.25, -0.2) is 14.4 Å². The lowest BCUT2D eigenvalue weighted by Gasteiger charge is -2.10. The summed E-state index contributed by atoms with van der Waals surface area (Å²) < 4.78 is 18.8. The van der Waals surface area contributed by atoms with Crippen molar-refractivity contribution >= 4 is 28.8 Å². The molecule has 2 aromatic heterocycles. The first kappa shape index (κ1) is 21.6. The molecular weight excluding hydrogens is 401 g/mol. The number of nitrogens with two attached hydrogens (primary N) is 2. The van der Waals surface area contributed by atoms with Crippen molar-refractivity contribution in [3.05, 3.63) is 71.8 Å². The van der Waals surface area contributed by atoms with Crippen molar-refractivity contribution in [2.45, 2.75) is 20.4 Å². The molecule has 1 aromatic carbocycles. The van der Waals surface area contributed by atoms with Crippen LogP contribution in [0.2, 0.25) is 0 Å². The molecule has 0 atom stereocenters. The number of anilines is 2. The van der Waals surface area contributed by atoms with E-state index >= 15 is 0 Å². The molecule has 3 rings (SSSR count). The van der Waals surface area contributed by atoms with Gasteiger partial charge in [-0.05, 0) is 12.1 Å². The number of amides is 1. The molecule has 0 bridgehead atoms. The first-order valence-corrected chi connectivity index (χ1v) is 9.44. The van der Waals surface area contributed by atoms with Gasteiger partial charge in [0, 0.05) is 17.5 Å². The Balaban J connectivity index is 1.88. The molecule has 0 saturated carbocycles. The van der Waals surface area contributed by atoms with E-state index in [-0.39, 0.29) is 41.5 Å². The highest BCUT2D eigenvalue weighted by Gasteiger charge is 2.13. The lowest BCUT2D eigenvalue weighted by molar-refractivity contribution is -0.118. The number of benzene rings is 1. The zero-order chi connectivity index (χ0) is 22.4. The lowest BCUT2D eigenvalue weighted by Crippen LogP contribution is -2.19. The SMILES string of the molecule is CC(C)C(=O)Nc1cnc(C(N)=CC(=NCc2ccccc2F)c2ccon2)nc1N. The fourth-order valence-corrected chi connectivity index (χ4v) is 2.46. The summed E-state index contributed by atoms with van der Waals surface area (Å²) in [7, 11) is 0. The molecule has 0 spiro atoms. The maximum absolute atomic E-state index is 13.9. The second kappa shape index (κ2) is 9.61. The smallest absolute Gasteiger partial charge is 0.227 e. The van der Waals surface area contributed by atoms with Gasteiger partial charge in [0.25, 0.3) is 0 Å². The van der Waals surface area contributed by atoms with Gasteiger partial charge < -0.3 is 21.3 Å². The first-order chi connectivity index (χ1) is 14.8. The van der Waals surface area contributed by atoms with E-state index in [9.17, 15) is 9.18 Å². The Morgan fingerprint density at radius 2 is 2.10 bits per heavy atom. The van der Waals surface area contributed by atoms with Crippen LogP contribution in [0, 0.1) is 11.7 Å². The predicted molar refractivity (Wildman–Crippen MR) is 115 cm³/mol. The van der Waals surface area contributed by atoms with Crippen LogP contribution in [-0.2, 0) is 11.3 Å². The molecule has 10 heteroatoms. The van der Waals surface area contributed by atoms with Crippen molar-refractivity contribution in [2.75, 3.05) is 11.1 Å². The molecule has 3 aromatic rings. The second-order valence-electron chi connectivity index (χ2n) is 6.91. The van der Waals surface area contributed by atoms with Crippen molar-refractivity contribution < 1.29 is 13.7 Å². The summed E-state index contributed by atoms with van der Waals surface area (Å²) in [6, 6.07) is 7.93. The topological polar surface area (TPSA) is 145 Å². The fourth-order valence-electron chi connectivity index (χ4n) is 2.46. The minimum absolute atomic E-state index is 0.0710. The highest BCUT2D eigenvalue weighted by Crippen LogP contribution is 2.18. The molecule has 0 aliphatic rings. The zero-order valence-corrected chi connectivity index (χ0v) is 17.0. The largest absolute Gasteiger partial charge is 0.396 e. The van der Waals surface area contributed by atoms with Crippen molar-refractivity contribution in [1.82, 2.24) is 15.1 Å². The van der Waals surface area contributed by atoms with Crippen LogP contribution >= 0.6 is 0 Å². The number of hydrogen-bond acceptors (Lipinski definition) is 8. The predicted octanol–water partition coefficient (Wildman–Crippen LogP) is 2.77. The molecule has 0 aliphatic heterocycles. The Bertz CT molecular complexity index is 1120. The van der Waals surface area contributed by atoms with Gasteiger partial charge in [-0.2, -0.15) is 0 Å². The van der Waals surface area contributed by atoms with E-state index in [4.69, 9.17) is 16.0 Å². The zero-order valence-electron chi connectivity index (χ0n) is 17.0. The summed E-state index contributed by atoms with van der Waals surface area (Å²) in [5.74, 6) is -0.582. The number of rotatable bonds is 7. The van der Waals surface area contributed by atoms with E-state index in [0.717, 1.165) is 0 Å². The van der Waals surface area contributed by atoms with Gasteiger partial charge in [0.2, 0.25) is 5.91 Å². The summed E-state index contributed by atoms with van der Waals surface area (Å²) in [6.07, 6.45) is 4.27. The second-order valence-corrected chi connectivity index (χ2v) is 6.91. The van der Waals surface area contributed by atoms with Crippen molar-refractivity contribution in [3.8, 4) is 0 Å². The van der Waals surface area contributed by atoms with Gasteiger partial charge in [0.15, 0.2) is 11.6 Å². The van der Waals surface area contributed by atoms with E-state index in [2.05, 4.69) is 25.4 Å². The summed E-state index contributed by atoms with van der Waals surface area (Å²) in [5.41, 5.74) is 13.7. The Morgan fingerprint density at radius 1 is 1.32 bits per heavy atom. The number of hydrogen-bond donors (Lipinski definition) is 3. The minimum atomic E-state index is -0.363. The van der Waals surface area contributed by atoms with Gasteiger partial charge in [0.1, 0.15) is 23.5 Å². The van der Waals surface area contributed by atoms with E-state index in [1.165, 1.54) is 24.6 Å². The number of nitrogen functional groups attached to an aromatic ring is 1. The van der Waals surface area contributed by atoms with Crippen LogP contribution < -0.4 is 16.8 Å². The van der Waals surface area contributed by atoms with Crippen molar-refractivity contribution in [3.63, 3.8) is 0 Å². The van der Waals surface area contributed by atoms with Crippen LogP contribution in [0.25, 0.3) is 5.70 Å². The molecule has 5 N–H and O–H groups in total. The highest BCUT2D eigenvalue weighted by atomic mass is 19.1. The van der Waals surface area contributed by atoms with E-state index in [1.807, 2.05) is 0 Å². The molecule has 0 radical (unpaired) electrons. The molecule has 31 heavy (non-hydrogen) atoms. The van der Waals surface area contributed by atoms with Gasteiger partial charge >= 0.3 is 0 Å². The number of nitrogens with one attached hydrogen (secondary N) is 1. The Morgan fingerprint density at radius 3 is 2.74 bits per heavy atom. The molecule has 160 valence electrons. The molecule has 0 saturated heterocycles. The first-order valence-electron chi connectivity index (χ1n) is 9.44. The number of halogens is 1. The van der Waals surface area contributed by atoms with E-state index in [0.29, 0.717) is 22.7 Å². The van der Waals surface area contributed by atoms with Crippen molar-refractivity contribution in [1.29, 1.82) is 0 Å². The Hall–Kier alpha value is -4.08. The summed E-state index contributed by atoms with van der Waals surface area (Å²) in [6.45, 7) is 3.59. The third-order valence-corrected chi connectivity index (χ3v) is 4.23. The third kappa shape index (κ3) is 5.50. The van der Waals surface area contributed by atoms with E-state index in [1.54, 1.807) is 38.1 Å². The molecule has 0 fully saturated rings. The lowest BCUT2D eigenvalue weighted by atomic mass is 10.2. The average molecular weight is 423 g/mol. The Labute approximate surface area is 178 Å². The number of carbonyl (C=O) groups excluding carboxylic acids is 1. The van der Waals surface area contributed by atoms with E-state index < -0.39 is 0 Å². The van der Waals surface area contributed by atoms with Crippen LogP contribution in [0.15, 0.2) is 58.4 Å². The molecule has 0 unspecified atom stereocenters. The summed E-state index contributed by atoms with van der Waals surface area (Å²) >= 11 is 0. The van der Waals surface area contributed by atoms with Gasteiger partial charge in [-0.1, -0.05) is 37.2 Å². The molecular formula is C21H22FN7O2. The van der Waals surface area contributed by atoms with Crippen LogP contribution in [-0.4, -0.2) is 26.7 Å². The summed E-state index contributed by atoms with van der Waals surface area (Å²) in [4.78, 5) is 24.6. The summed E-state index contributed by atoms with van der Waals surface area (Å²) in [5, 5.41) is 6.52. The van der Waals surface area contributed by atoms with Crippen LogP contribution in [0.1, 0.15) is 30.9 Å². The molecule has 9 nitrogen and oxygen atoms in total. The fraction of sp³-hybridized carbons (Fsp3) is 0.190. The quantitative estimate of drug-likeness (QED) is 0.495. The monoisotopic (exact) mass is 423 g/mol. The number of allylic oxidation sites excluding steroid dienone is 1. The number of carbonyl (C=O) groups is 1. The van der Waals surface area contributed by atoms with Gasteiger partial charge in [-0.3, -0.25) is 9.79 Å². The Kier molecular flexibility index (Phi) is 6.71. The number of aliphatic imine (C=N–C) groups is 1. The maximum Gasteiger partial charge on any atom is 0.227 e. The maximum atomic E-state index is 13.9. The molecule has 0 aliphatic carbocycles. The van der Waals surface area contributed by atoms with Crippen LogP contribution in [0.5, 0.6) is 0 Å². The van der Waals surface area contributed by atoms with Gasteiger partial charge in [0.05, 0.1) is 24.2 Å². The highest BCUT2D eigenvalue weighted by molar-refractivity contribution is 6.10. The number of nitrogens with zero attached hydrogens (tertiary/aromatic N) is 4. The standard InChI is InChI=1S/C21H22FN7O2/c1-12(2)21(30)27-18-11-26-20(28-19(18)24)15(23)9-17(16-7-8-31-29-16)25-10-13-5-3-4-6-14(13)22/h3-9,11-12H,10,23H2,1-2H3,(H,27,30)(H2,24,26,28).